The minimum Gasteiger partial charge on any atom is -0.272 e. The van der Waals surface area contributed by atoms with Crippen molar-refractivity contribution in [1.29, 1.82) is 0 Å². The number of hydrogen-bond donors (Lipinski definition) is 0. The Balaban J connectivity index is 1.64. The second kappa shape index (κ2) is 9.22. The standard InChI is InChI=1S/C23H11Cl9N2O3/c24-11-4-2-1-3-10(11)18(35)33(8-9-5-6-12(25)13(26)7-9)34-19(36)14-15(20(34)37)22(30)17(28)16(27)21(14,29)23(22,31)32/h1-7,14-15H,8H2/t14-,15+,21-,22-/m1/s1. The Labute approximate surface area is 255 Å². The SMILES string of the molecule is O=C(c1ccccc1Cl)N(Cc1ccc(Cl)c(Cl)c1)N1C(=O)[C@@H]2[C@H](C1=O)[C@@]1(Cl)C(Cl)=C(Cl)[C@@]2(Cl)C1(Cl)Cl. The molecule has 0 N–H and O–H groups in total. The molecule has 2 aromatic rings. The van der Waals surface area contributed by atoms with Gasteiger partial charge in [-0.2, -0.15) is 5.01 Å². The molecule has 2 bridgehead atoms. The van der Waals surface area contributed by atoms with Gasteiger partial charge in [0, 0.05) is 0 Å². The van der Waals surface area contributed by atoms with Crippen LogP contribution in [-0.2, 0) is 16.1 Å². The Morgan fingerprint density at radius 3 is 1.84 bits per heavy atom. The molecule has 194 valence electrons. The maximum Gasteiger partial charge on any atom is 0.274 e. The number of imide groups is 1. The van der Waals surface area contributed by atoms with Crippen molar-refractivity contribution in [1.82, 2.24) is 10.0 Å². The molecule has 0 aromatic heterocycles. The molecule has 37 heavy (non-hydrogen) atoms. The summed E-state index contributed by atoms with van der Waals surface area (Å²) in [6.45, 7) is -0.274. The zero-order valence-electron chi connectivity index (χ0n) is 17.9. The lowest BCUT2D eigenvalue weighted by atomic mass is 9.84. The number of carbonyl (C=O) groups is 3. The highest BCUT2D eigenvalue weighted by molar-refractivity contribution is 6.66. The molecule has 2 aliphatic carbocycles. The minimum absolute atomic E-state index is 0.0317. The van der Waals surface area contributed by atoms with E-state index in [0.29, 0.717) is 10.6 Å². The molecule has 1 heterocycles. The highest BCUT2D eigenvalue weighted by atomic mass is 35.5. The van der Waals surface area contributed by atoms with Gasteiger partial charge in [-0.05, 0) is 29.8 Å². The average Bonchev–Trinajstić information content (AvgIpc) is 3.23. The van der Waals surface area contributed by atoms with Gasteiger partial charge in [0.15, 0.2) is 4.33 Å². The van der Waals surface area contributed by atoms with Crippen LogP contribution in [-0.4, -0.2) is 41.8 Å². The molecule has 1 saturated carbocycles. The monoisotopic (exact) mass is 678 g/mol. The van der Waals surface area contributed by atoms with Gasteiger partial charge in [-0.25, -0.2) is 5.01 Å². The third kappa shape index (κ3) is 3.55. The number of hydrogen-bond acceptors (Lipinski definition) is 3. The third-order valence-corrected chi connectivity index (χ3v) is 12.1. The molecule has 14 heteroatoms. The molecule has 5 rings (SSSR count). The molecular formula is C23H11Cl9N2O3. The molecule has 0 radical (unpaired) electrons. The average molecular weight is 682 g/mol. The van der Waals surface area contributed by atoms with Crippen LogP contribution >= 0.6 is 104 Å². The number of amides is 3. The molecule has 5 nitrogen and oxygen atoms in total. The molecule has 1 aliphatic heterocycles. The summed E-state index contributed by atoms with van der Waals surface area (Å²) in [6, 6.07) is 10.7. The summed E-state index contributed by atoms with van der Waals surface area (Å²) in [5, 5.41) is 1.69. The smallest absolute Gasteiger partial charge is 0.272 e. The van der Waals surface area contributed by atoms with Crippen LogP contribution in [0.3, 0.4) is 0 Å². The summed E-state index contributed by atoms with van der Waals surface area (Å²) >= 11 is 57.9. The van der Waals surface area contributed by atoms with Gasteiger partial charge in [-0.3, -0.25) is 14.4 Å². The van der Waals surface area contributed by atoms with Gasteiger partial charge < -0.3 is 0 Å². The van der Waals surface area contributed by atoms with Crippen LogP contribution in [0.4, 0.5) is 0 Å². The van der Waals surface area contributed by atoms with Gasteiger partial charge in [-0.15, -0.1) is 23.2 Å². The fourth-order valence-corrected chi connectivity index (χ4v) is 8.50. The first-order chi connectivity index (χ1) is 17.2. The maximum atomic E-state index is 13.9. The van der Waals surface area contributed by atoms with Crippen LogP contribution in [0.2, 0.25) is 15.1 Å². The first-order valence-corrected chi connectivity index (χ1v) is 13.8. The van der Waals surface area contributed by atoms with Crippen molar-refractivity contribution >= 4 is 122 Å². The van der Waals surface area contributed by atoms with E-state index >= 15 is 0 Å². The van der Waals surface area contributed by atoms with Gasteiger partial charge in [0.25, 0.3) is 17.7 Å². The van der Waals surface area contributed by atoms with Crippen molar-refractivity contribution in [3.8, 4) is 0 Å². The number of carbonyl (C=O) groups excluding carboxylic acids is 3. The fourth-order valence-electron chi connectivity index (χ4n) is 5.04. The van der Waals surface area contributed by atoms with Gasteiger partial charge >= 0.3 is 0 Å². The molecule has 3 amide bonds. The maximum absolute atomic E-state index is 13.9. The molecule has 4 atom stereocenters. The number of fused-ring (bicyclic) bond motifs is 5. The third-order valence-electron chi connectivity index (χ3n) is 6.78. The second-order valence-electron chi connectivity index (χ2n) is 8.66. The van der Waals surface area contributed by atoms with E-state index in [9.17, 15) is 14.4 Å². The van der Waals surface area contributed by atoms with E-state index in [-0.39, 0.29) is 37.2 Å². The molecule has 1 saturated heterocycles. The van der Waals surface area contributed by atoms with E-state index in [4.69, 9.17) is 104 Å². The molecule has 2 aromatic carbocycles. The number of halogens is 9. The molecule has 3 aliphatic rings. The van der Waals surface area contributed by atoms with Crippen molar-refractivity contribution in [2.45, 2.75) is 20.6 Å². The topological polar surface area (TPSA) is 57.7 Å². The summed E-state index contributed by atoms with van der Waals surface area (Å²) in [5.74, 6) is -5.37. The molecular weight excluding hydrogens is 671 g/mol. The summed E-state index contributed by atoms with van der Waals surface area (Å²) in [7, 11) is 0. The van der Waals surface area contributed by atoms with Crippen molar-refractivity contribution in [2.24, 2.45) is 11.8 Å². The minimum atomic E-state index is -2.11. The van der Waals surface area contributed by atoms with Crippen molar-refractivity contribution < 1.29 is 14.4 Å². The van der Waals surface area contributed by atoms with Crippen LogP contribution < -0.4 is 0 Å². The predicted octanol–water partition coefficient (Wildman–Crippen LogP) is 7.65. The largest absolute Gasteiger partial charge is 0.274 e. The first-order valence-electron chi connectivity index (χ1n) is 10.4. The second-order valence-corrected chi connectivity index (χ2v) is 13.2. The van der Waals surface area contributed by atoms with E-state index in [1.165, 1.54) is 24.3 Å². The number of hydrazine groups is 1. The molecule has 0 unspecified atom stereocenters. The first kappa shape index (κ1) is 27.9. The number of allylic oxidation sites excluding steroid dienone is 2. The number of rotatable bonds is 4. The van der Waals surface area contributed by atoms with E-state index in [1.807, 2.05) is 0 Å². The summed E-state index contributed by atoms with van der Waals surface area (Å²) in [6.07, 6.45) is 0. The number of alkyl halides is 4. The van der Waals surface area contributed by atoms with Gasteiger partial charge in [0.1, 0.15) is 9.75 Å². The van der Waals surface area contributed by atoms with Gasteiger partial charge in [-0.1, -0.05) is 99.4 Å². The Bertz CT molecular complexity index is 1380. The van der Waals surface area contributed by atoms with Crippen LogP contribution in [0.15, 0.2) is 52.5 Å². The van der Waals surface area contributed by atoms with E-state index in [1.54, 1.807) is 18.2 Å². The summed E-state index contributed by atoms with van der Waals surface area (Å²) < 4.78 is -2.11. The van der Waals surface area contributed by atoms with E-state index in [2.05, 4.69) is 0 Å². The lowest BCUT2D eigenvalue weighted by molar-refractivity contribution is -0.156. The molecule has 0 spiro atoms. The van der Waals surface area contributed by atoms with Crippen molar-refractivity contribution in [3.05, 3.63) is 78.7 Å². The Morgan fingerprint density at radius 2 is 1.32 bits per heavy atom. The normalized spacial score (nSPS) is 29.8. The Hall–Kier alpha value is -0.600. The van der Waals surface area contributed by atoms with Crippen LogP contribution in [0.5, 0.6) is 0 Å². The fraction of sp³-hybridized carbons (Fsp3) is 0.261. The van der Waals surface area contributed by atoms with E-state index in [0.717, 1.165) is 5.01 Å². The van der Waals surface area contributed by atoms with Crippen LogP contribution in [0, 0.1) is 11.8 Å². The van der Waals surface area contributed by atoms with Crippen molar-refractivity contribution in [2.75, 3.05) is 0 Å². The zero-order valence-corrected chi connectivity index (χ0v) is 24.7. The zero-order chi connectivity index (χ0) is 27.2. The summed E-state index contributed by atoms with van der Waals surface area (Å²) in [4.78, 5) is 37.5. The van der Waals surface area contributed by atoms with Gasteiger partial charge in [0.05, 0.1) is 49.1 Å². The van der Waals surface area contributed by atoms with Crippen LogP contribution in [0.25, 0.3) is 0 Å². The lowest BCUT2D eigenvalue weighted by Crippen LogP contribution is -2.55. The van der Waals surface area contributed by atoms with E-state index < -0.39 is 43.6 Å². The summed E-state index contributed by atoms with van der Waals surface area (Å²) in [5.41, 5.74) is 0.485. The number of benzene rings is 2. The number of nitrogens with zero attached hydrogens (tertiary/aromatic N) is 2. The lowest BCUT2D eigenvalue weighted by Gasteiger charge is -2.37. The van der Waals surface area contributed by atoms with Crippen molar-refractivity contribution in [3.63, 3.8) is 0 Å². The molecule has 2 fully saturated rings. The highest BCUT2D eigenvalue weighted by Gasteiger charge is 2.88. The van der Waals surface area contributed by atoms with Gasteiger partial charge in [0.2, 0.25) is 0 Å². The van der Waals surface area contributed by atoms with Crippen LogP contribution in [0.1, 0.15) is 15.9 Å². The Morgan fingerprint density at radius 1 is 0.784 bits per heavy atom. The Kier molecular flexibility index (Phi) is 6.97. The highest BCUT2D eigenvalue weighted by Crippen LogP contribution is 2.77. The predicted molar refractivity (Wildman–Crippen MR) is 147 cm³/mol. The quantitative estimate of drug-likeness (QED) is 0.246.